The molecule has 1 rings (SSSR count). The molecule has 1 aromatic rings. The van der Waals surface area contributed by atoms with Gasteiger partial charge in [-0.15, -0.1) is 0 Å². The number of aliphatic hydroxyl groups is 1. The monoisotopic (exact) mass is 218 g/mol. The van der Waals surface area contributed by atoms with Crippen molar-refractivity contribution in [2.45, 2.75) is 33.3 Å². The Labute approximate surface area is 97.3 Å². The zero-order valence-corrected chi connectivity index (χ0v) is 10.5. The van der Waals surface area contributed by atoms with Gasteiger partial charge < -0.3 is 9.84 Å². The lowest BCUT2D eigenvalue weighted by molar-refractivity contribution is 0.143. The van der Waals surface area contributed by atoms with Crippen molar-refractivity contribution in [2.75, 3.05) is 7.11 Å². The smallest absolute Gasteiger partial charge is 0.122 e. The highest BCUT2D eigenvalue weighted by molar-refractivity contribution is 5.49. The van der Waals surface area contributed by atoms with Crippen molar-refractivity contribution in [2.24, 2.45) is 0 Å². The van der Waals surface area contributed by atoms with Gasteiger partial charge in [0, 0.05) is 5.56 Å². The van der Waals surface area contributed by atoms with Crippen LogP contribution in [0.15, 0.2) is 12.1 Å². The number of ether oxygens (including phenoxy) is 1. The van der Waals surface area contributed by atoms with E-state index in [-0.39, 0.29) is 0 Å². The average Bonchev–Trinajstić information content (AvgIpc) is 2.17. The van der Waals surface area contributed by atoms with E-state index in [1.54, 1.807) is 21.0 Å². The number of aryl methyl sites for hydroxylation is 2. The Hall–Kier alpha value is -1.46. The van der Waals surface area contributed by atoms with E-state index in [4.69, 9.17) is 4.74 Å². The van der Waals surface area contributed by atoms with Crippen LogP contribution in [0.3, 0.4) is 0 Å². The van der Waals surface area contributed by atoms with Crippen molar-refractivity contribution in [3.05, 3.63) is 28.8 Å². The lowest BCUT2D eigenvalue weighted by Crippen LogP contribution is -2.14. The molecular weight excluding hydrogens is 200 g/mol. The van der Waals surface area contributed by atoms with Gasteiger partial charge in [-0.1, -0.05) is 11.8 Å². The Morgan fingerprint density at radius 3 is 2.31 bits per heavy atom. The van der Waals surface area contributed by atoms with Crippen LogP contribution in [0.25, 0.3) is 0 Å². The van der Waals surface area contributed by atoms with Gasteiger partial charge in [-0.25, -0.2) is 0 Å². The molecule has 0 saturated heterocycles. The maximum atomic E-state index is 9.54. The van der Waals surface area contributed by atoms with E-state index in [1.165, 1.54) is 0 Å². The van der Waals surface area contributed by atoms with Crippen molar-refractivity contribution in [1.82, 2.24) is 0 Å². The highest BCUT2D eigenvalue weighted by Gasteiger charge is 2.07. The van der Waals surface area contributed by atoms with Crippen LogP contribution in [0, 0.1) is 25.7 Å². The lowest BCUT2D eigenvalue weighted by atomic mass is 10.0. The molecule has 0 amide bonds. The molecule has 1 N–H and O–H groups in total. The van der Waals surface area contributed by atoms with Gasteiger partial charge in [0.15, 0.2) is 0 Å². The number of hydrogen-bond donors (Lipinski definition) is 1. The maximum Gasteiger partial charge on any atom is 0.122 e. The summed E-state index contributed by atoms with van der Waals surface area (Å²) >= 11 is 0. The van der Waals surface area contributed by atoms with Crippen molar-refractivity contribution in [1.29, 1.82) is 0 Å². The third kappa shape index (κ3) is 3.29. The van der Waals surface area contributed by atoms with Gasteiger partial charge in [0.25, 0.3) is 0 Å². The second-order valence-corrected chi connectivity index (χ2v) is 4.45. The molecule has 0 aliphatic rings. The SMILES string of the molecule is COc1cc(C)c(C#CC(C)(C)O)cc1C. The maximum absolute atomic E-state index is 9.54. The summed E-state index contributed by atoms with van der Waals surface area (Å²) in [6.07, 6.45) is 0. The number of hydrogen-bond acceptors (Lipinski definition) is 2. The Morgan fingerprint density at radius 1 is 1.19 bits per heavy atom. The average molecular weight is 218 g/mol. The van der Waals surface area contributed by atoms with E-state index < -0.39 is 5.60 Å². The van der Waals surface area contributed by atoms with Crippen LogP contribution < -0.4 is 4.74 Å². The van der Waals surface area contributed by atoms with Gasteiger partial charge in [0.1, 0.15) is 11.4 Å². The Kier molecular flexibility index (Phi) is 3.62. The van der Waals surface area contributed by atoms with E-state index in [0.29, 0.717) is 0 Å². The first-order chi connectivity index (χ1) is 7.33. The molecule has 0 radical (unpaired) electrons. The van der Waals surface area contributed by atoms with Crippen LogP contribution in [0.1, 0.15) is 30.5 Å². The molecule has 0 atom stereocenters. The second-order valence-electron chi connectivity index (χ2n) is 4.45. The molecule has 2 nitrogen and oxygen atoms in total. The minimum Gasteiger partial charge on any atom is -0.496 e. The first-order valence-corrected chi connectivity index (χ1v) is 5.24. The van der Waals surface area contributed by atoms with Crippen molar-refractivity contribution in [3.63, 3.8) is 0 Å². The minimum atomic E-state index is -0.958. The molecule has 16 heavy (non-hydrogen) atoms. The van der Waals surface area contributed by atoms with Crippen molar-refractivity contribution >= 4 is 0 Å². The van der Waals surface area contributed by atoms with Gasteiger partial charge in [0.2, 0.25) is 0 Å². The fourth-order valence-corrected chi connectivity index (χ4v) is 1.36. The Bertz CT molecular complexity index is 442. The minimum absolute atomic E-state index is 0.867. The molecule has 1 aromatic carbocycles. The summed E-state index contributed by atoms with van der Waals surface area (Å²) in [5.41, 5.74) is 2.08. The molecule has 86 valence electrons. The number of benzene rings is 1. The quantitative estimate of drug-likeness (QED) is 0.734. The molecule has 0 aliphatic heterocycles. The molecule has 0 bridgehead atoms. The van der Waals surface area contributed by atoms with Crippen LogP contribution in [0.4, 0.5) is 0 Å². The summed E-state index contributed by atoms with van der Waals surface area (Å²) in [7, 11) is 1.66. The molecule has 0 unspecified atom stereocenters. The number of rotatable bonds is 1. The molecule has 2 heteroatoms. The summed E-state index contributed by atoms with van der Waals surface area (Å²) in [6.45, 7) is 7.31. The predicted octanol–water partition coefficient (Wildman–Crippen LogP) is 2.43. The van der Waals surface area contributed by atoms with Crippen LogP contribution in [-0.2, 0) is 0 Å². The predicted molar refractivity (Wildman–Crippen MR) is 65.6 cm³/mol. The van der Waals surface area contributed by atoms with E-state index in [0.717, 1.165) is 22.4 Å². The molecule has 0 spiro atoms. The summed E-state index contributed by atoms with van der Waals surface area (Å²) in [5, 5.41) is 9.54. The fraction of sp³-hybridized carbons (Fsp3) is 0.429. The summed E-state index contributed by atoms with van der Waals surface area (Å²) in [6, 6.07) is 3.94. The summed E-state index contributed by atoms with van der Waals surface area (Å²) in [5.74, 6) is 6.66. The van der Waals surface area contributed by atoms with Crippen molar-refractivity contribution in [3.8, 4) is 17.6 Å². The Balaban J connectivity index is 3.16. The molecular formula is C14H18O2. The van der Waals surface area contributed by atoms with Gasteiger partial charge >= 0.3 is 0 Å². The standard InChI is InChI=1S/C14H18O2/c1-10-9-13(16-5)11(2)8-12(10)6-7-14(3,4)15/h8-9,15H,1-5H3. The molecule has 0 saturated carbocycles. The van der Waals surface area contributed by atoms with E-state index in [2.05, 4.69) is 11.8 Å². The van der Waals surface area contributed by atoms with Crippen LogP contribution in [-0.4, -0.2) is 17.8 Å². The largest absolute Gasteiger partial charge is 0.496 e. The van der Waals surface area contributed by atoms with Gasteiger partial charge in [0.05, 0.1) is 7.11 Å². The highest BCUT2D eigenvalue weighted by atomic mass is 16.5. The zero-order chi connectivity index (χ0) is 12.3. The summed E-state index contributed by atoms with van der Waals surface area (Å²) in [4.78, 5) is 0. The topological polar surface area (TPSA) is 29.5 Å². The molecule has 0 fully saturated rings. The molecule has 0 aromatic heterocycles. The van der Waals surface area contributed by atoms with Crippen LogP contribution in [0.5, 0.6) is 5.75 Å². The first-order valence-electron chi connectivity index (χ1n) is 5.24. The lowest BCUT2D eigenvalue weighted by Gasteiger charge is -2.09. The van der Waals surface area contributed by atoms with Crippen LogP contribution >= 0.6 is 0 Å². The Morgan fingerprint density at radius 2 is 1.81 bits per heavy atom. The molecule has 0 aliphatic carbocycles. The first kappa shape index (κ1) is 12.6. The zero-order valence-electron chi connectivity index (χ0n) is 10.5. The molecule has 0 heterocycles. The van der Waals surface area contributed by atoms with Crippen molar-refractivity contribution < 1.29 is 9.84 Å². The van der Waals surface area contributed by atoms with Gasteiger partial charge in [-0.3, -0.25) is 0 Å². The number of methoxy groups -OCH3 is 1. The second kappa shape index (κ2) is 4.59. The summed E-state index contributed by atoms with van der Waals surface area (Å²) < 4.78 is 5.23. The normalized spacial score (nSPS) is 10.6. The van der Waals surface area contributed by atoms with E-state index in [9.17, 15) is 5.11 Å². The van der Waals surface area contributed by atoms with E-state index in [1.807, 2.05) is 26.0 Å². The fourth-order valence-electron chi connectivity index (χ4n) is 1.36. The van der Waals surface area contributed by atoms with Gasteiger partial charge in [-0.05, 0) is 51.0 Å². The third-order valence-corrected chi connectivity index (χ3v) is 2.24. The highest BCUT2D eigenvalue weighted by Crippen LogP contribution is 2.21. The van der Waals surface area contributed by atoms with Crippen LogP contribution in [0.2, 0.25) is 0 Å². The van der Waals surface area contributed by atoms with Gasteiger partial charge in [-0.2, -0.15) is 0 Å². The van der Waals surface area contributed by atoms with E-state index >= 15 is 0 Å². The third-order valence-electron chi connectivity index (χ3n) is 2.24.